The number of fused-ring (bicyclic) bond motifs is 1. The van der Waals surface area contributed by atoms with Crippen molar-refractivity contribution in [3.05, 3.63) is 58.1 Å². The lowest BCUT2D eigenvalue weighted by atomic mass is 10.0. The summed E-state index contributed by atoms with van der Waals surface area (Å²) in [5.74, 6) is 0.978. The molecule has 2 heteroatoms. The summed E-state index contributed by atoms with van der Waals surface area (Å²) in [7, 11) is 0. The number of hydrogen-bond donors (Lipinski definition) is 1. The summed E-state index contributed by atoms with van der Waals surface area (Å²) < 4.78 is 6.13. The maximum Gasteiger partial charge on any atom is 0.143 e. The Hall–Kier alpha value is -1.96. The molecule has 2 aromatic rings. The Labute approximate surface area is 127 Å². The second kappa shape index (κ2) is 5.80. The second-order valence-electron chi connectivity index (χ2n) is 5.99. The minimum absolute atomic E-state index is 0.635. The van der Waals surface area contributed by atoms with E-state index in [2.05, 4.69) is 56.4 Å². The minimum atomic E-state index is 0.635. The van der Waals surface area contributed by atoms with Gasteiger partial charge in [0.2, 0.25) is 0 Å². The molecule has 0 aromatic heterocycles. The molecular formula is C19H23NO. The number of nitrogens with one attached hydrogen (secondary N) is 1. The minimum Gasteiger partial charge on any atom is -0.487 e. The molecule has 1 aliphatic rings. The van der Waals surface area contributed by atoms with Gasteiger partial charge in [0, 0.05) is 6.54 Å². The highest BCUT2D eigenvalue weighted by atomic mass is 16.5. The number of benzene rings is 2. The average molecular weight is 281 g/mol. The van der Waals surface area contributed by atoms with Crippen LogP contribution in [0.2, 0.25) is 0 Å². The maximum atomic E-state index is 6.13. The highest BCUT2D eigenvalue weighted by Crippen LogP contribution is 2.33. The molecule has 0 saturated heterocycles. The van der Waals surface area contributed by atoms with Crippen LogP contribution in [0.25, 0.3) is 0 Å². The lowest BCUT2D eigenvalue weighted by Crippen LogP contribution is -2.13. The molecule has 0 saturated carbocycles. The van der Waals surface area contributed by atoms with Crippen molar-refractivity contribution in [2.75, 3.05) is 11.9 Å². The fraction of sp³-hybridized carbons (Fsp3) is 0.368. The van der Waals surface area contributed by atoms with Gasteiger partial charge in [-0.1, -0.05) is 29.8 Å². The number of aryl methyl sites for hydroxylation is 4. The molecule has 0 bridgehead atoms. The molecule has 21 heavy (non-hydrogen) atoms. The number of rotatable bonds is 3. The summed E-state index contributed by atoms with van der Waals surface area (Å²) in [6.45, 7) is 8.14. The van der Waals surface area contributed by atoms with Crippen molar-refractivity contribution >= 4 is 5.69 Å². The monoisotopic (exact) mass is 281 g/mol. The lowest BCUT2D eigenvalue weighted by molar-refractivity contribution is 0.305. The number of hydrogen-bond acceptors (Lipinski definition) is 2. The van der Waals surface area contributed by atoms with Gasteiger partial charge in [0.25, 0.3) is 0 Å². The standard InChI is InChI=1S/C19H23NO/c1-13-10-14(2)17(15(3)11-13)12-21-18-8-4-6-16-7-5-9-20-19(16)18/h4,6,8,10-11,20H,5,7,9,12H2,1-3H3. The zero-order valence-corrected chi connectivity index (χ0v) is 13.1. The first-order chi connectivity index (χ1) is 10.1. The van der Waals surface area contributed by atoms with Gasteiger partial charge >= 0.3 is 0 Å². The first-order valence-corrected chi connectivity index (χ1v) is 7.70. The van der Waals surface area contributed by atoms with Crippen LogP contribution in [0.4, 0.5) is 5.69 Å². The van der Waals surface area contributed by atoms with E-state index in [1.54, 1.807) is 0 Å². The Morgan fingerprint density at radius 3 is 2.62 bits per heavy atom. The van der Waals surface area contributed by atoms with Crippen molar-refractivity contribution in [2.24, 2.45) is 0 Å². The van der Waals surface area contributed by atoms with Crippen molar-refractivity contribution in [3.8, 4) is 5.75 Å². The van der Waals surface area contributed by atoms with Crippen LogP contribution in [-0.2, 0) is 13.0 Å². The highest BCUT2D eigenvalue weighted by Gasteiger charge is 2.14. The van der Waals surface area contributed by atoms with Gasteiger partial charge < -0.3 is 10.1 Å². The van der Waals surface area contributed by atoms with Gasteiger partial charge in [-0.05, 0) is 61.9 Å². The predicted octanol–water partition coefficient (Wildman–Crippen LogP) is 4.55. The van der Waals surface area contributed by atoms with Gasteiger partial charge in [-0.2, -0.15) is 0 Å². The third-order valence-corrected chi connectivity index (χ3v) is 4.25. The van der Waals surface area contributed by atoms with Crippen LogP contribution < -0.4 is 10.1 Å². The first-order valence-electron chi connectivity index (χ1n) is 7.70. The quantitative estimate of drug-likeness (QED) is 0.891. The van der Waals surface area contributed by atoms with Crippen LogP contribution in [0, 0.1) is 20.8 Å². The highest BCUT2D eigenvalue weighted by molar-refractivity contribution is 5.63. The largest absolute Gasteiger partial charge is 0.487 e. The van der Waals surface area contributed by atoms with Crippen molar-refractivity contribution in [2.45, 2.75) is 40.2 Å². The molecule has 0 aliphatic carbocycles. The Morgan fingerprint density at radius 1 is 1.10 bits per heavy atom. The predicted molar refractivity (Wildman–Crippen MR) is 88.2 cm³/mol. The van der Waals surface area contributed by atoms with E-state index >= 15 is 0 Å². The van der Waals surface area contributed by atoms with E-state index in [-0.39, 0.29) is 0 Å². The molecule has 0 radical (unpaired) electrons. The summed E-state index contributed by atoms with van der Waals surface area (Å²) >= 11 is 0. The van der Waals surface area contributed by atoms with Crippen molar-refractivity contribution in [3.63, 3.8) is 0 Å². The van der Waals surface area contributed by atoms with Gasteiger partial charge in [0.1, 0.15) is 12.4 Å². The molecule has 2 nitrogen and oxygen atoms in total. The van der Waals surface area contributed by atoms with Crippen LogP contribution >= 0.6 is 0 Å². The summed E-state index contributed by atoms with van der Waals surface area (Å²) in [4.78, 5) is 0. The van der Waals surface area contributed by atoms with E-state index < -0.39 is 0 Å². The van der Waals surface area contributed by atoms with E-state index in [0.717, 1.165) is 18.7 Å². The van der Waals surface area contributed by atoms with Gasteiger partial charge in [0.15, 0.2) is 0 Å². The zero-order valence-electron chi connectivity index (χ0n) is 13.1. The third kappa shape index (κ3) is 2.90. The smallest absolute Gasteiger partial charge is 0.143 e. The summed E-state index contributed by atoms with van der Waals surface area (Å²) in [6.07, 6.45) is 2.34. The van der Waals surface area contributed by atoms with Gasteiger partial charge in [-0.25, -0.2) is 0 Å². The molecule has 2 aromatic carbocycles. The molecule has 110 valence electrons. The topological polar surface area (TPSA) is 21.3 Å². The van der Waals surface area contributed by atoms with Gasteiger partial charge in [-0.15, -0.1) is 0 Å². The average Bonchev–Trinajstić information content (AvgIpc) is 2.46. The van der Waals surface area contributed by atoms with Crippen molar-refractivity contribution < 1.29 is 4.74 Å². The number of para-hydroxylation sites is 1. The summed E-state index contributed by atoms with van der Waals surface area (Å²) in [5.41, 5.74) is 7.79. The number of ether oxygens (including phenoxy) is 1. The normalized spacial score (nSPS) is 13.5. The molecular weight excluding hydrogens is 258 g/mol. The lowest BCUT2D eigenvalue weighted by Gasteiger charge is -2.21. The zero-order chi connectivity index (χ0) is 14.8. The number of anilines is 1. The van der Waals surface area contributed by atoms with Crippen LogP contribution in [0.1, 0.15) is 34.2 Å². The van der Waals surface area contributed by atoms with E-state index in [1.165, 1.54) is 39.9 Å². The van der Waals surface area contributed by atoms with Crippen LogP contribution in [0.5, 0.6) is 5.75 Å². The Balaban J connectivity index is 1.83. The second-order valence-corrected chi connectivity index (χ2v) is 5.99. The van der Waals surface area contributed by atoms with E-state index in [0.29, 0.717) is 6.61 Å². The van der Waals surface area contributed by atoms with Crippen LogP contribution in [0.3, 0.4) is 0 Å². The molecule has 1 heterocycles. The molecule has 0 unspecified atom stereocenters. The van der Waals surface area contributed by atoms with Gasteiger partial charge in [-0.3, -0.25) is 0 Å². The molecule has 0 fully saturated rings. The van der Waals surface area contributed by atoms with Crippen LogP contribution in [-0.4, -0.2) is 6.54 Å². The SMILES string of the molecule is Cc1cc(C)c(COc2cccc3c2NCCC3)c(C)c1. The first kappa shape index (κ1) is 14.0. The molecule has 0 atom stereocenters. The maximum absolute atomic E-state index is 6.13. The molecule has 1 aliphatic heterocycles. The summed E-state index contributed by atoms with van der Waals surface area (Å²) in [6, 6.07) is 10.8. The van der Waals surface area contributed by atoms with E-state index in [9.17, 15) is 0 Å². The van der Waals surface area contributed by atoms with E-state index in [4.69, 9.17) is 4.74 Å². The van der Waals surface area contributed by atoms with E-state index in [1.807, 2.05) is 0 Å². The molecule has 1 N–H and O–H groups in total. The Kier molecular flexibility index (Phi) is 3.87. The van der Waals surface area contributed by atoms with Crippen molar-refractivity contribution in [1.82, 2.24) is 0 Å². The fourth-order valence-corrected chi connectivity index (χ4v) is 3.19. The Bertz CT molecular complexity index is 638. The van der Waals surface area contributed by atoms with Crippen molar-refractivity contribution in [1.29, 1.82) is 0 Å². The third-order valence-electron chi connectivity index (χ3n) is 4.25. The molecule has 3 rings (SSSR count). The molecule has 0 spiro atoms. The summed E-state index contributed by atoms with van der Waals surface area (Å²) in [5, 5.41) is 3.48. The van der Waals surface area contributed by atoms with Gasteiger partial charge in [0.05, 0.1) is 5.69 Å². The molecule has 0 amide bonds. The van der Waals surface area contributed by atoms with Crippen LogP contribution in [0.15, 0.2) is 30.3 Å². The fourth-order valence-electron chi connectivity index (χ4n) is 3.19. The Morgan fingerprint density at radius 2 is 1.86 bits per heavy atom.